The zero-order valence-electron chi connectivity index (χ0n) is 15.5. The number of carbonyl (C=O) groups excluding carboxylic acids is 2. The molecule has 11 heteroatoms. The second-order valence-electron chi connectivity index (χ2n) is 6.58. The Morgan fingerprint density at radius 1 is 1.17 bits per heavy atom. The summed E-state index contributed by atoms with van der Waals surface area (Å²) < 4.78 is 80.8. The molecule has 29 heavy (non-hydrogen) atoms. The lowest BCUT2D eigenvalue weighted by Crippen LogP contribution is -2.45. The predicted octanol–water partition coefficient (Wildman–Crippen LogP) is 3.23. The molecular weight excluding hydrogens is 406 g/mol. The largest absolute Gasteiger partial charge is 0.465 e. The molecule has 0 saturated carbocycles. The van der Waals surface area contributed by atoms with E-state index in [1.54, 1.807) is 6.92 Å². The Balaban J connectivity index is 2.17. The number of benzene rings is 1. The van der Waals surface area contributed by atoms with Crippen LogP contribution in [0.4, 0.5) is 26.3 Å². The predicted molar refractivity (Wildman–Crippen MR) is 89.5 cm³/mol. The van der Waals surface area contributed by atoms with Gasteiger partial charge in [0.25, 0.3) is 0 Å². The first-order chi connectivity index (χ1) is 13.4. The smallest absolute Gasteiger partial charge is 0.416 e. The number of ether oxygens (including phenoxy) is 1. The van der Waals surface area contributed by atoms with E-state index in [1.165, 1.54) is 17.0 Å². The Morgan fingerprint density at radius 3 is 2.31 bits per heavy atom. The number of hydrogen-bond donors (Lipinski definition) is 0. The van der Waals surface area contributed by atoms with Crippen LogP contribution < -0.4 is 0 Å². The topological polar surface area (TPSA) is 49.9 Å². The molecule has 2 rings (SSSR count). The summed E-state index contributed by atoms with van der Waals surface area (Å²) in [5, 5.41) is 0. The summed E-state index contributed by atoms with van der Waals surface area (Å²) >= 11 is 0. The SMILES string of the molecule is CCOC(=O)CN(Cc1ccc(C(F)(F)F)cc1)C1CCN(CC(F)(F)F)C1=O. The van der Waals surface area contributed by atoms with Crippen molar-refractivity contribution in [3.63, 3.8) is 0 Å². The van der Waals surface area contributed by atoms with Crippen LogP contribution in [-0.2, 0) is 27.0 Å². The van der Waals surface area contributed by atoms with Gasteiger partial charge in [0, 0.05) is 13.1 Å². The van der Waals surface area contributed by atoms with Gasteiger partial charge in [-0.2, -0.15) is 26.3 Å². The molecule has 1 aliphatic rings. The van der Waals surface area contributed by atoms with Gasteiger partial charge in [-0.15, -0.1) is 0 Å². The van der Waals surface area contributed by atoms with Gasteiger partial charge in [0.05, 0.1) is 24.8 Å². The Bertz CT molecular complexity index is 718. The summed E-state index contributed by atoms with van der Waals surface area (Å²) in [6.45, 7) is -0.334. The van der Waals surface area contributed by atoms with Crippen molar-refractivity contribution in [3.8, 4) is 0 Å². The van der Waals surface area contributed by atoms with Crippen molar-refractivity contribution in [2.45, 2.75) is 38.3 Å². The molecule has 0 N–H and O–H groups in total. The van der Waals surface area contributed by atoms with Crippen LogP contribution in [0.25, 0.3) is 0 Å². The van der Waals surface area contributed by atoms with Crippen molar-refractivity contribution in [2.75, 3.05) is 26.2 Å². The Labute approximate surface area is 163 Å². The van der Waals surface area contributed by atoms with E-state index in [2.05, 4.69) is 0 Å². The number of amides is 1. The zero-order valence-corrected chi connectivity index (χ0v) is 15.5. The number of nitrogens with zero attached hydrogens (tertiary/aromatic N) is 2. The van der Waals surface area contributed by atoms with Crippen LogP contribution in [0, 0.1) is 0 Å². The molecule has 1 heterocycles. The van der Waals surface area contributed by atoms with E-state index in [9.17, 15) is 35.9 Å². The zero-order chi connectivity index (χ0) is 21.8. The molecule has 162 valence electrons. The van der Waals surface area contributed by atoms with E-state index in [0.717, 1.165) is 12.1 Å². The van der Waals surface area contributed by atoms with Gasteiger partial charge in [-0.3, -0.25) is 14.5 Å². The number of likely N-dealkylation sites (tertiary alicyclic amines) is 1. The van der Waals surface area contributed by atoms with Crippen molar-refractivity contribution in [1.29, 1.82) is 0 Å². The minimum Gasteiger partial charge on any atom is -0.465 e. The number of carbonyl (C=O) groups is 2. The Hall–Kier alpha value is -2.30. The minimum atomic E-state index is -4.55. The van der Waals surface area contributed by atoms with Gasteiger partial charge in [0.15, 0.2) is 0 Å². The van der Waals surface area contributed by atoms with Crippen LogP contribution in [0.2, 0.25) is 0 Å². The van der Waals surface area contributed by atoms with Crippen LogP contribution in [0.15, 0.2) is 24.3 Å². The Kier molecular flexibility index (Phi) is 7.15. The highest BCUT2D eigenvalue weighted by atomic mass is 19.4. The van der Waals surface area contributed by atoms with E-state index in [1.807, 2.05) is 0 Å². The summed E-state index contributed by atoms with van der Waals surface area (Å²) in [7, 11) is 0. The molecule has 1 saturated heterocycles. The fourth-order valence-electron chi connectivity index (χ4n) is 3.12. The molecule has 0 radical (unpaired) electrons. The van der Waals surface area contributed by atoms with E-state index in [4.69, 9.17) is 4.74 Å². The first kappa shape index (κ1) is 23.0. The quantitative estimate of drug-likeness (QED) is 0.496. The number of esters is 1. The second-order valence-corrected chi connectivity index (χ2v) is 6.58. The van der Waals surface area contributed by atoms with Gasteiger partial charge in [-0.25, -0.2) is 0 Å². The van der Waals surface area contributed by atoms with Crippen molar-refractivity contribution < 1.29 is 40.7 Å². The fraction of sp³-hybridized carbons (Fsp3) is 0.556. The van der Waals surface area contributed by atoms with Gasteiger partial charge in [0.2, 0.25) is 5.91 Å². The monoisotopic (exact) mass is 426 g/mol. The number of alkyl halides is 6. The molecule has 1 atom stereocenters. The van der Waals surface area contributed by atoms with E-state index in [-0.39, 0.29) is 32.7 Å². The molecule has 0 aliphatic carbocycles. The molecule has 1 fully saturated rings. The van der Waals surface area contributed by atoms with Crippen molar-refractivity contribution in [3.05, 3.63) is 35.4 Å². The van der Waals surface area contributed by atoms with E-state index < -0.39 is 42.4 Å². The summed E-state index contributed by atoms with van der Waals surface area (Å²) in [4.78, 5) is 26.3. The third kappa shape index (κ3) is 6.62. The standard InChI is InChI=1S/C18H20F6N2O3/c1-2-29-15(27)10-26(9-12-3-5-13(6-4-12)18(22,23)24)14-7-8-25(16(14)28)11-17(19,20)21/h3-6,14H,2,7-11H2,1H3. The molecule has 1 aromatic carbocycles. The first-order valence-electron chi connectivity index (χ1n) is 8.82. The van der Waals surface area contributed by atoms with Gasteiger partial charge < -0.3 is 9.64 Å². The molecule has 1 aliphatic heterocycles. The molecule has 0 spiro atoms. The maximum absolute atomic E-state index is 12.7. The van der Waals surface area contributed by atoms with Crippen LogP contribution in [0.3, 0.4) is 0 Å². The summed E-state index contributed by atoms with van der Waals surface area (Å²) in [6.07, 6.45) is -9.00. The molecule has 1 amide bonds. The highest BCUT2D eigenvalue weighted by Crippen LogP contribution is 2.30. The fourth-order valence-corrected chi connectivity index (χ4v) is 3.12. The summed E-state index contributed by atoms with van der Waals surface area (Å²) in [5.41, 5.74) is -0.476. The average Bonchev–Trinajstić information content (AvgIpc) is 2.93. The highest BCUT2D eigenvalue weighted by Gasteiger charge is 2.42. The van der Waals surface area contributed by atoms with Crippen molar-refractivity contribution in [1.82, 2.24) is 9.80 Å². The maximum Gasteiger partial charge on any atom is 0.416 e. The number of rotatable bonds is 7. The molecule has 0 bridgehead atoms. The van der Waals surface area contributed by atoms with E-state index >= 15 is 0 Å². The molecule has 0 aromatic heterocycles. The van der Waals surface area contributed by atoms with Crippen molar-refractivity contribution in [2.24, 2.45) is 0 Å². The lowest BCUT2D eigenvalue weighted by molar-refractivity contribution is -0.160. The molecular formula is C18H20F6N2O3. The summed E-state index contributed by atoms with van der Waals surface area (Å²) in [5.74, 6) is -1.46. The molecule has 1 aromatic rings. The molecule has 5 nitrogen and oxygen atoms in total. The summed E-state index contributed by atoms with van der Waals surface area (Å²) in [6, 6.07) is 3.14. The first-order valence-corrected chi connectivity index (χ1v) is 8.82. The van der Waals surface area contributed by atoms with E-state index in [0.29, 0.717) is 10.5 Å². The minimum absolute atomic E-state index is 0.0644. The second kappa shape index (κ2) is 9.02. The van der Waals surface area contributed by atoms with Crippen LogP contribution in [-0.4, -0.2) is 60.1 Å². The van der Waals surface area contributed by atoms with Crippen molar-refractivity contribution >= 4 is 11.9 Å². The normalized spacial score (nSPS) is 17.9. The highest BCUT2D eigenvalue weighted by molar-refractivity contribution is 5.84. The van der Waals surface area contributed by atoms with Gasteiger partial charge in [-0.1, -0.05) is 12.1 Å². The lowest BCUT2D eigenvalue weighted by Gasteiger charge is -2.27. The van der Waals surface area contributed by atoms with Crippen LogP contribution >= 0.6 is 0 Å². The van der Waals surface area contributed by atoms with Crippen LogP contribution in [0.5, 0.6) is 0 Å². The third-order valence-corrected chi connectivity index (χ3v) is 4.38. The number of hydrogen-bond acceptors (Lipinski definition) is 4. The third-order valence-electron chi connectivity index (χ3n) is 4.38. The van der Waals surface area contributed by atoms with Gasteiger partial charge >= 0.3 is 18.3 Å². The Morgan fingerprint density at radius 2 is 1.79 bits per heavy atom. The average molecular weight is 426 g/mol. The van der Waals surface area contributed by atoms with Gasteiger partial charge in [0.1, 0.15) is 6.54 Å². The van der Waals surface area contributed by atoms with Crippen LogP contribution in [0.1, 0.15) is 24.5 Å². The maximum atomic E-state index is 12.7. The lowest BCUT2D eigenvalue weighted by atomic mass is 10.1. The number of halogens is 6. The molecule has 1 unspecified atom stereocenters. The van der Waals surface area contributed by atoms with Gasteiger partial charge in [-0.05, 0) is 31.0 Å².